The van der Waals surface area contributed by atoms with Crippen molar-refractivity contribution in [1.82, 2.24) is 14.7 Å². The van der Waals surface area contributed by atoms with E-state index in [0.717, 1.165) is 27.2 Å². The molecule has 0 bridgehead atoms. The molecule has 1 aromatic carbocycles. The van der Waals surface area contributed by atoms with E-state index in [1.165, 1.54) is 35.1 Å². The molecule has 2 aromatic heterocycles. The lowest BCUT2D eigenvalue weighted by Crippen LogP contribution is -2.29. The van der Waals surface area contributed by atoms with E-state index in [9.17, 15) is 13.2 Å². The Labute approximate surface area is 188 Å². The molecule has 0 radical (unpaired) electrons. The van der Waals surface area contributed by atoms with Crippen LogP contribution in [0.2, 0.25) is 0 Å². The number of anilines is 1. The minimum atomic E-state index is -3.74. The van der Waals surface area contributed by atoms with Gasteiger partial charge in [-0.25, -0.2) is 18.4 Å². The van der Waals surface area contributed by atoms with E-state index in [0.29, 0.717) is 24.5 Å². The number of hydrogen-bond donors (Lipinski definition) is 2. The van der Waals surface area contributed by atoms with Crippen molar-refractivity contribution in [1.29, 1.82) is 0 Å². The Balaban J connectivity index is 1.43. The van der Waals surface area contributed by atoms with Gasteiger partial charge in [0.05, 0.1) is 10.6 Å². The van der Waals surface area contributed by atoms with E-state index in [-0.39, 0.29) is 16.6 Å². The Hall–Kier alpha value is -2.50. The van der Waals surface area contributed by atoms with Crippen LogP contribution in [0.15, 0.2) is 45.5 Å². The van der Waals surface area contributed by atoms with Gasteiger partial charge in [0.25, 0.3) is 10.0 Å². The number of hydrogen-bond acceptors (Lipinski definition) is 8. The van der Waals surface area contributed by atoms with Crippen LogP contribution in [0, 0.1) is 13.8 Å². The lowest BCUT2D eigenvalue weighted by Gasteiger charge is -2.10. The van der Waals surface area contributed by atoms with Crippen LogP contribution in [0.4, 0.5) is 5.69 Å². The molecular formula is C20H21N5O3S3. The molecule has 2 N–H and O–H groups in total. The molecule has 3 heterocycles. The first kappa shape index (κ1) is 21.7. The average Bonchev–Trinajstić information content (AvgIpc) is 3.34. The van der Waals surface area contributed by atoms with Crippen molar-refractivity contribution < 1.29 is 13.2 Å². The molecule has 1 amide bonds. The summed E-state index contributed by atoms with van der Waals surface area (Å²) in [5, 5.41) is 4.51. The topological polar surface area (TPSA) is 113 Å². The third-order valence-electron chi connectivity index (χ3n) is 4.83. The molecule has 1 aliphatic heterocycles. The Morgan fingerprint density at radius 3 is 2.87 bits per heavy atom. The Bertz CT molecular complexity index is 1280. The zero-order valence-corrected chi connectivity index (χ0v) is 19.5. The van der Waals surface area contributed by atoms with E-state index in [4.69, 9.17) is 0 Å². The van der Waals surface area contributed by atoms with Gasteiger partial charge in [0, 0.05) is 28.9 Å². The molecule has 0 unspecified atom stereocenters. The van der Waals surface area contributed by atoms with Crippen molar-refractivity contribution in [2.24, 2.45) is 4.99 Å². The molecule has 0 saturated carbocycles. The van der Waals surface area contributed by atoms with E-state index >= 15 is 0 Å². The van der Waals surface area contributed by atoms with Gasteiger partial charge in [-0.05, 0) is 44.0 Å². The van der Waals surface area contributed by atoms with E-state index in [1.807, 2.05) is 13.8 Å². The van der Waals surface area contributed by atoms with Crippen molar-refractivity contribution >= 4 is 60.8 Å². The standard InChI is InChI=1S/C20H21N5O3S3/c1-12-13(2)30-20-18(12)19(22-11-23-20)29-10-17(26)24-14-5-3-6-15(9-14)31(27,28)25-16-7-4-8-21-16/h3,5-6,9,11H,4,7-8,10H2,1-2H3,(H,21,25)(H,24,26). The summed E-state index contributed by atoms with van der Waals surface area (Å²) in [5.41, 5.74) is 1.54. The molecule has 0 saturated heterocycles. The van der Waals surface area contributed by atoms with Crippen molar-refractivity contribution in [2.75, 3.05) is 17.6 Å². The van der Waals surface area contributed by atoms with Crippen molar-refractivity contribution in [2.45, 2.75) is 36.6 Å². The summed E-state index contributed by atoms with van der Waals surface area (Å²) in [6.45, 7) is 4.70. The Kier molecular flexibility index (Phi) is 6.26. The number of rotatable bonds is 6. The normalized spacial score (nSPS) is 13.9. The van der Waals surface area contributed by atoms with Crippen molar-refractivity contribution in [3.63, 3.8) is 0 Å². The number of amides is 1. The molecule has 0 spiro atoms. The van der Waals surface area contributed by atoms with Crippen LogP contribution in [0.5, 0.6) is 0 Å². The number of nitrogens with zero attached hydrogens (tertiary/aromatic N) is 3. The van der Waals surface area contributed by atoms with Crippen LogP contribution in [0.1, 0.15) is 23.3 Å². The van der Waals surface area contributed by atoms with Gasteiger partial charge >= 0.3 is 0 Å². The Morgan fingerprint density at radius 1 is 1.26 bits per heavy atom. The highest BCUT2D eigenvalue weighted by Gasteiger charge is 2.19. The fourth-order valence-electron chi connectivity index (χ4n) is 3.17. The zero-order valence-electron chi connectivity index (χ0n) is 17.0. The predicted octanol–water partition coefficient (Wildman–Crippen LogP) is 3.51. The quantitative estimate of drug-likeness (QED) is 0.417. The van der Waals surface area contributed by atoms with E-state index in [1.54, 1.807) is 23.5 Å². The summed E-state index contributed by atoms with van der Waals surface area (Å²) in [4.78, 5) is 27.4. The Morgan fingerprint density at radius 2 is 2.10 bits per heavy atom. The zero-order chi connectivity index (χ0) is 22.0. The third kappa shape index (κ3) is 4.89. The summed E-state index contributed by atoms with van der Waals surface area (Å²) in [7, 11) is -3.74. The molecular weight excluding hydrogens is 454 g/mol. The lowest BCUT2D eigenvalue weighted by atomic mass is 10.2. The fraction of sp³-hybridized carbons (Fsp3) is 0.300. The highest BCUT2D eigenvalue weighted by molar-refractivity contribution is 8.00. The number of nitrogens with one attached hydrogen (secondary N) is 2. The molecule has 31 heavy (non-hydrogen) atoms. The molecule has 0 fully saturated rings. The summed E-state index contributed by atoms with van der Waals surface area (Å²) < 4.78 is 27.7. The molecule has 11 heteroatoms. The first-order valence-electron chi connectivity index (χ1n) is 9.63. The van der Waals surface area contributed by atoms with Gasteiger partial charge in [-0.15, -0.1) is 11.3 Å². The number of amidine groups is 1. The molecule has 162 valence electrons. The molecule has 8 nitrogen and oxygen atoms in total. The molecule has 3 aromatic rings. The summed E-state index contributed by atoms with van der Waals surface area (Å²) in [5.74, 6) is 0.372. The number of fused-ring (bicyclic) bond motifs is 1. The summed E-state index contributed by atoms with van der Waals surface area (Å²) in [6.07, 6.45) is 2.97. The van der Waals surface area contributed by atoms with Crippen LogP contribution >= 0.6 is 23.1 Å². The smallest absolute Gasteiger partial charge is 0.262 e. The number of thiophene rings is 1. The van der Waals surface area contributed by atoms with Crippen molar-refractivity contribution in [3.8, 4) is 0 Å². The first-order valence-corrected chi connectivity index (χ1v) is 12.9. The number of thioether (sulfide) groups is 1. The van der Waals surface area contributed by atoms with Crippen LogP contribution in [-0.2, 0) is 14.8 Å². The summed E-state index contributed by atoms with van der Waals surface area (Å²) in [6, 6.07) is 6.18. The maximum Gasteiger partial charge on any atom is 0.262 e. The third-order valence-corrected chi connectivity index (χ3v) is 8.31. The molecule has 0 aliphatic carbocycles. The van der Waals surface area contributed by atoms with Gasteiger partial charge in [-0.3, -0.25) is 14.5 Å². The van der Waals surface area contributed by atoms with Gasteiger partial charge < -0.3 is 5.32 Å². The second kappa shape index (κ2) is 8.93. The lowest BCUT2D eigenvalue weighted by molar-refractivity contribution is -0.113. The van der Waals surface area contributed by atoms with E-state index in [2.05, 4.69) is 25.0 Å². The average molecular weight is 476 g/mol. The number of carbonyl (C=O) groups is 1. The minimum absolute atomic E-state index is 0.0782. The largest absolute Gasteiger partial charge is 0.325 e. The van der Waals surface area contributed by atoms with Crippen LogP contribution in [-0.4, -0.2) is 42.4 Å². The van der Waals surface area contributed by atoms with Gasteiger partial charge in [0.15, 0.2) is 0 Å². The predicted molar refractivity (Wildman–Crippen MR) is 125 cm³/mol. The first-order chi connectivity index (χ1) is 14.8. The fourth-order valence-corrected chi connectivity index (χ4v) is 6.22. The number of benzene rings is 1. The molecule has 4 rings (SSSR count). The van der Waals surface area contributed by atoms with Crippen LogP contribution in [0.3, 0.4) is 0 Å². The number of aryl methyl sites for hydroxylation is 2. The monoisotopic (exact) mass is 475 g/mol. The maximum absolute atomic E-state index is 12.6. The number of aromatic nitrogens is 2. The number of sulfonamides is 1. The highest BCUT2D eigenvalue weighted by atomic mass is 32.2. The van der Waals surface area contributed by atoms with Crippen molar-refractivity contribution in [3.05, 3.63) is 41.0 Å². The molecule has 0 atom stereocenters. The number of carbonyl (C=O) groups excluding carboxylic acids is 1. The van der Waals surface area contributed by atoms with Gasteiger partial charge in [0.1, 0.15) is 22.0 Å². The van der Waals surface area contributed by atoms with Crippen LogP contribution < -0.4 is 10.0 Å². The van der Waals surface area contributed by atoms with Gasteiger partial charge in [0.2, 0.25) is 5.91 Å². The maximum atomic E-state index is 12.6. The second-order valence-corrected chi connectivity index (χ2v) is 10.9. The van der Waals surface area contributed by atoms with Crippen LogP contribution in [0.25, 0.3) is 10.2 Å². The van der Waals surface area contributed by atoms with Gasteiger partial charge in [-0.2, -0.15) is 0 Å². The summed E-state index contributed by atoms with van der Waals surface area (Å²) >= 11 is 2.94. The molecule has 1 aliphatic rings. The second-order valence-electron chi connectivity index (χ2n) is 7.04. The highest BCUT2D eigenvalue weighted by Crippen LogP contribution is 2.34. The minimum Gasteiger partial charge on any atom is -0.325 e. The van der Waals surface area contributed by atoms with Gasteiger partial charge in [-0.1, -0.05) is 17.8 Å². The SMILES string of the molecule is Cc1sc2ncnc(SCC(=O)Nc3cccc(S(=O)(=O)NC4=NCCC4)c3)c2c1C. The van der Waals surface area contributed by atoms with E-state index < -0.39 is 10.0 Å². The number of aliphatic imine (C=N–C) groups is 1.